The number of nitrogens with one attached hydrogen (secondary N) is 1. The monoisotopic (exact) mass is 504 g/mol. The number of aromatic nitrogens is 1. The first-order valence-electron chi connectivity index (χ1n) is 11.9. The van der Waals surface area contributed by atoms with Gasteiger partial charge in [-0.25, -0.2) is 9.71 Å². The predicted octanol–water partition coefficient (Wildman–Crippen LogP) is 8.52. The van der Waals surface area contributed by atoms with E-state index in [1.807, 2.05) is 6.08 Å². The molecule has 1 aliphatic rings. The summed E-state index contributed by atoms with van der Waals surface area (Å²) >= 11 is 3.01. The van der Waals surface area contributed by atoms with E-state index in [4.69, 9.17) is 9.17 Å². The van der Waals surface area contributed by atoms with E-state index in [0.717, 1.165) is 47.2 Å². The van der Waals surface area contributed by atoms with E-state index >= 15 is 0 Å². The third-order valence-corrected chi connectivity index (χ3v) is 7.28. The fourth-order valence-electron chi connectivity index (χ4n) is 3.62. The minimum absolute atomic E-state index is 0.849. The van der Waals surface area contributed by atoms with E-state index in [0.29, 0.717) is 0 Å². The molecular formula is C30H36N2OS2. The Morgan fingerprint density at radius 3 is 2.57 bits per heavy atom. The molecule has 1 aromatic carbocycles. The minimum atomic E-state index is 0.849. The molecule has 1 fully saturated rings. The van der Waals surface area contributed by atoms with Crippen LogP contribution in [0.15, 0.2) is 79.4 Å². The highest BCUT2D eigenvalue weighted by atomic mass is 32.2. The van der Waals surface area contributed by atoms with Crippen molar-refractivity contribution < 1.29 is 4.18 Å². The number of hydrogen-bond acceptors (Lipinski definition) is 5. The second-order valence-electron chi connectivity index (χ2n) is 7.93. The van der Waals surface area contributed by atoms with Gasteiger partial charge >= 0.3 is 0 Å². The van der Waals surface area contributed by atoms with Crippen LogP contribution in [0.2, 0.25) is 0 Å². The lowest BCUT2D eigenvalue weighted by molar-refractivity contribution is 0.319. The van der Waals surface area contributed by atoms with Crippen molar-refractivity contribution in [3.63, 3.8) is 0 Å². The molecule has 0 saturated heterocycles. The Kier molecular flexibility index (Phi) is 13.8. The van der Waals surface area contributed by atoms with Gasteiger partial charge < -0.3 is 4.18 Å². The van der Waals surface area contributed by atoms with Gasteiger partial charge in [0, 0.05) is 17.7 Å². The number of benzene rings is 1. The van der Waals surface area contributed by atoms with Gasteiger partial charge in [-0.3, -0.25) is 0 Å². The van der Waals surface area contributed by atoms with Gasteiger partial charge in [-0.1, -0.05) is 98.7 Å². The Morgan fingerprint density at radius 2 is 1.94 bits per heavy atom. The van der Waals surface area contributed by atoms with Crippen molar-refractivity contribution >= 4 is 34.7 Å². The van der Waals surface area contributed by atoms with Crippen LogP contribution in [0.1, 0.15) is 49.7 Å². The summed E-state index contributed by atoms with van der Waals surface area (Å²) < 4.78 is 8.11. The molecular weight excluding hydrogens is 468 g/mol. The Morgan fingerprint density at radius 1 is 1.20 bits per heavy atom. The summed E-state index contributed by atoms with van der Waals surface area (Å²) in [4.78, 5) is 6.32. The van der Waals surface area contributed by atoms with Gasteiger partial charge in [0.25, 0.3) is 0 Å². The maximum atomic E-state index is 5.13. The van der Waals surface area contributed by atoms with Crippen LogP contribution in [0.4, 0.5) is 0 Å². The van der Waals surface area contributed by atoms with Crippen LogP contribution in [0, 0.1) is 18.8 Å². The Labute approximate surface area is 220 Å². The van der Waals surface area contributed by atoms with Gasteiger partial charge in [-0.2, -0.15) is 0 Å². The first-order chi connectivity index (χ1) is 17.3. The zero-order valence-corrected chi connectivity index (χ0v) is 22.4. The van der Waals surface area contributed by atoms with E-state index in [9.17, 15) is 0 Å². The highest BCUT2D eigenvalue weighted by molar-refractivity contribution is 7.92. The Hall–Kier alpha value is -2.62. The van der Waals surface area contributed by atoms with Crippen molar-refractivity contribution in [2.45, 2.75) is 39.0 Å². The third kappa shape index (κ3) is 9.16. The molecule has 1 aliphatic carbocycles. The summed E-state index contributed by atoms with van der Waals surface area (Å²) in [6, 6.07) is 10.6. The third-order valence-electron chi connectivity index (χ3n) is 5.64. The Balaban J connectivity index is 0.00000210. The summed E-state index contributed by atoms with van der Waals surface area (Å²) in [5.74, 6) is 0.849. The molecule has 5 heteroatoms. The van der Waals surface area contributed by atoms with E-state index in [2.05, 4.69) is 97.9 Å². The molecule has 0 unspecified atom stereocenters. The van der Waals surface area contributed by atoms with E-state index in [1.54, 1.807) is 18.4 Å². The van der Waals surface area contributed by atoms with Crippen LogP contribution in [-0.2, 0) is 4.18 Å². The quantitative estimate of drug-likeness (QED) is 0.0974. The molecule has 0 radical (unpaired) electrons. The van der Waals surface area contributed by atoms with Crippen LogP contribution < -0.4 is 4.72 Å². The van der Waals surface area contributed by atoms with Gasteiger partial charge in [0.2, 0.25) is 0 Å². The lowest BCUT2D eigenvalue weighted by atomic mass is 9.83. The molecule has 1 heterocycles. The summed E-state index contributed by atoms with van der Waals surface area (Å²) in [5.41, 5.74) is 4.47. The molecule has 3 nitrogen and oxygen atoms in total. The molecule has 184 valence electrons. The molecule has 3 rings (SSSR count). The highest BCUT2D eigenvalue weighted by Crippen LogP contribution is 2.38. The van der Waals surface area contributed by atoms with Gasteiger partial charge in [-0.05, 0) is 31.2 Å². The molecule has 1 N–H and O–H groups in total. The van der Waals surface area contributed by atoms with Crippen LogP contribution in [-0.4, -0.2) is 18.6 Å². The second-order valence-corrected chi connectivity index (χ2v) is 9.72. The smallest absolute Gasteiger partial charge is 0.124 e. The maximum Gasteiger partial charge on any atom is 0.124 e. The van der Waals surface area contributed by atoms with Crippen molar-refractivity contribution in [2.24, 2.45) is 5.92 Å². The number of nitrogens with zero attached hydrogens (tertiary/aromatic N) is 1. The summed E-state index contributed by atoms with van der Waals surface area (Å²) in [5, 5.41) is 1.03. The number of hydrogen-bond donors (Lipinski definition) is 1. The van der Waals surface area contributed by atoms with Crippen LogP contribution >= 0.6 is 23.6 Å². The largest absolute Gasteiger partial charge is 0.305 e. The summed E-state index contributed by atoms with van der Waals surface area (Å²) in [7, 11) is 1.66. The van der Waals surface area contributed by atoms with E-state index in [-0.39, 0.29) is 0 Å². The average molecular weight is 505 g/mol. The van der Waals surface area contributed by atoms with Crippen molar-refractivity contribution in [3.8, 4) is 23.3 Å². The van der Waals surface area contributed by atoms with Crippen molar-refractivity contribution in [3.05, 3.63) is 90.1 Å². The topological polar surface area (TPSA) is 34.2 Å². The number of terminal acetylenes is 1. The normalized spacial score (nSPS) is 14.6. The fraction of sp³-hybridized carbons (Fsp3) is 0.300. The first-order valence-corrected chi connectivity index (χ1v) is 13.5. The lowest BCUT2D eigenvalue weighted by Crippen LogP contribution is -2.09. The predicted molar refractivity (Wildman–Crippen MR) is 157 cm³/mol. The van der Waals surface area contributed by atoms with Crippen molar-refractivity contribution in [1.29, 1.82) is 0 Å². The van der Waals surface area contributed by atoms with Gasteiger partial charge in [0.15, 0.2) is 0 Å². The summed E-state index contributed by atoms with van der Waals surface area (Å²) in [6.45, 7) is 6.87. The number of thiazole rings is 1. The molecule has 1 aromatic heterocycles. The molecule has 0 bridgehead atoms. The number of rotatable bonds is 13. The standard InChI is InChI=1S/C28H34N2OS2.C2H2/c1-4-13-24(20-12-16-22-14-11-15-22)26-27(25-18-7-6-8-19-25)32-28(30-26)23(5-2)17-9-10-21-29-33-31-3;1-2/h4-9,12-13,17-20,22,29H,1,10-11,14-16,21H2,2-3H3;1-2H/b17-9-,20-12-,23-5+,24-13+;. The van der Waals surface area contributed by atoms with Crippen LogP contribution in [0.3, 0.4) is 0 Å². The maximum absolute atomic E-state index is 5.13. The molecule has 0 atom stereocenters. The van der Waals surface area contributed by atoms with E-state index < -0.39 is 0 Å². The van der Waals surface area contributed by atoms with Crippen molar-refractivity contribution in [2.75, 3.05) is 13.7 Å². The van der Waals surface area contributed by atoms with Gasteiger partial charge in [0.05, 0.1) is 29.9 Å². The van der Waals surface area contributed by atoms with Gasteiger partial charge in [-0.15, -0.1) is 24.2 Å². The van der Waals surface area contributed by atoms with Crippen LogP contribution in [0.25, 0.3) is 21.6 Å². The molecule has 35 heavy (non-hydrogen) atoms. The highest BCUT2D eigenvalue weighted by Gasteiger charge is 2.18. The number of allylic oxidation sites excluding steroid dienone is 8. The fourth-order valence-corrected chi connectivity index (χ4v) is 5.09. The molecule has 2 aromatic rings. The molecule has 0 spiro atoms. The minimum Gasteiger partial charge on any atom is -0.305 e. The molecule has 0 aliphatic heterocycles. The Bertz CT molecular complexity index is 1040. The van der Waals surface area contributed by atoms with Gasteiger partial charge in [0.1, 0.15) is 5.01 Å². The zero-order valence-electron chi connectivity index (χ0n) is 20.8. The summed E-state index contributed by atoms with van der Waals surface area (Å²) in [6.07, 6.45) is 29.1. The molecule has 1 saturated carbocycles. The molecule has 0 amide bonds. The van der Waals surface area contributed by atoms with Crippen LogP contribution in [0.5, 0.6) is 0 Å². The SMILES string of the molecule is C#C.C=C/C=C(\C=C/CC1CCC1)c1nc(C(/C=C\CCNSOC)=C/C)sc1-c1ccccc1. The van der Waals surface area contributed by atoms with E-state index in [1.165, 1.54) is 41.9 Å². The lowest BCUT2D eigenvalue weighted by Gasteiger charge is -2.23. The average Bonchev–Trinajstić information content (AvgIpc) is 3.31. The second kappa shape index (κ2) is 16.9. The first kappa shape index (κ1) is 28.6. The van der Waals surface area contributed by atoms with Crippen molar-refractivity contribution in [1.82, 2.24) is 9.71 Å². The zero-order chi connectivity index (χ0) is 25.3.